The van der Waals surface area contributed by atoms with Gasteiger partial charge in [0.2, 0.25) is 5.91 Å². The minimum absolute atomic E-state index is 0.0651. The fourth-order valence-corrected chi connectivity index (χ4v) is 2.79. The van der Waals surface area contributed by atoms with Crippen LogP contribution in [0.2, 0.25) is 0 Å². The van der Waals surface area contributed by atoms with Gasteiger partial charge in [-0.05, 0) is 32.4 Å². The quantitative estimate of drug-likeness (QED) is 0.783. The third-order valence-corrected chi connectivity index (χ3v) is 4.72. The molecule has 1 aromatic rings. The van der Waals surface area contributed by atoms with Crippen LogP contribution in [0.4, 0.5) is 5.69 Å². The van der Waals surface area contributed by atoms with Gasteiger partial charge in [0.25, 0.3) is 0 Å². The first kappa shape index (κ1) is 16.5. The number of rotatable bonds is 6. The smallest absolute Gasteiger partial charge is 0.236 e. The van der Waals surface area contributed by atoms with Crippen LogP contribution >= 0.6 is 0 Å². The molecular weight excluding hydrogens is 276 g/mol. The van der Waals surface area contributed by atoms with Crippen molar-refractivity contribution in [1.29, 1.82) is 0 Å². The molecule has 20 heavy (non-hydrogen) atoms. The summed E-state index contributed by atoms with van der Waals surface area (Å²) in [7, 11) is -0.00347. The fraction of sp³-hybridized carbons (Fsp3) is 0.500. The van der Waals surface area contributed by atoms with Crippen LogP contribution in [-0.4, -0.2) is 28.5 Å². The van der Waals surface area contributed by atoms with Crippen LogP contribution in [0.3, 0.4) is 0 Å². The summed E-state index contributed by atoms with van der Waals surface area (Å²) in [5.74, 6) is 0.211. The zero-order valence-electron chi connectivity index (χ0n) is 12.3. The summed E-state index contributed by atoms with van der Waals surface area (Å²) in [6.45, 7) is 5.54. The summed E-state index contributed by atoms with van der Waals surface area (Å²) in [6, 6.07) is 4.95. The summed E-state index contributed by atoms with van der Waals surface area (Å²) in [6.07, 6.45) is 0.830. The minimum atomic E-state index is -1.49. The molecule has 112 valence electrons. The molecule has 5 nitrogen and oxygen atoms in total. The number of anilines is 1. The van der Waals surface area contributed by atoms with E-state index in [1.165, 1.54) is 7.11 Å². The molecule has 0 aliphatic heterocycles. The monoisotopic (exact) mass is 298 g/mol. The third kappa shape index (κ3) is 3.96. The second kappa shape index (κ2) is 7.28. The molecule has 6 heteroatoms. The summed E-state index contributed by atoms with van der Waals surface area (Å²) < 4.78 is 17.7. The van der Waals surface area contributed by atoms with Crippen molar-refractivity contribution in [1.82, 2.24) is 5.32 Å². The highest BCUT2D eigenvalue weighted by Gasteiger charge is 2.24. The Morgan fingerprint density at radius 1 is 1.45 bits per heavy atom. The molecule has 3 atom stereocenters. The average Bonchev–Trinajstić information content (AvgIpc) is 2.45. The van der Waals surface area contributed by atoms with Crippen LogP contribution in [0.1, 0.15) is 27.2 Å². The van der Waals surface area contributed by atoms with Gasteiger partial charge < -0.3 is 15.8 Å². The van der Waals surface area contributed by atoms with Crippen molar-refractivity contribution in [3.05, 3.63) is 18.2 Å². The lowest BCUT2D eigenvalue weighted by molar-refractivity contribution is -0.120. The maximum absolute atomic E-state index is 12.5. The van der Waals surface area contributed by atoms with E-state index >= 15 is 0 Å². The molecule has 3 N–H and O–H groups in total. The highest BCUT2D eigenvalue weighted by atomic mass is 32.2. The Bertz CT molecular complexity index is 505. The van der Waals surface area contributed by atoms with Crippen molar-refractivity contribution in [2.45, 2.75) is 43.4 Å². The summed E-state index contributed by atoms with van der Waals surface area (Å²) in [4.78, 5) is 12.5. The van der Waals surface area contributed by atoms with E-state index in [-0.39, 0.29) is 11.9 Å². The van der Waals surface area contributed by atoms with Gasteiger partial charge in [0.1, 0.15) is 11.0 Å². The van der Waals surface area contributed by atoms with Gasteiger partial charge in [0.15, 0.2) is 0 Å². The Hall–Kier alpha value is -1.56. The molecule has 0 heterocycles. The van der Waals surface area contributed by atoms with Crippen molar-refractivity contribution < 1.29 is 13.7 Å². The molecule has 0 spiro atoms. The molecule has 0 saturated heterocycles. The van der Waals surface area contributed by atoms with E-state index in [0.717, 1.165) is 6.42 Å². The van der Waals surface area contributed by atoms with Gasteiger partial charge in [0.05, 0.1) is 22.8 Å². The lowest BCUT2D eigenvalue weighted by atomic mass is 10.2. The maximum atomic E-state index is 12.5. The van der Waals surface area contributed by atoms with E-state index in [4.69, 9.17) is 10.5 Å². The highest BCUT2D eigenvalue weighted by Crippen LogP contribution is 2.26. The van der Waals surface area contributed by atoms with Crippen molar-refractivity contribution in [2.75, 3.05) is 12.8 Å². The number of methoxy groups -OCH3 is 1. The molecule has 1 amide bonds. The molecule has 0 aromatic heterocycles. The number of ether oxygens (including phenoxy) is 1. The van der Waals surface area contributed by atoms with E-state index in [1.807, 2.05) is 13.8 Å². The van der Waals surface area contributed by atoms with E-state index in [2.05, 4.69) is 5.32 Å². The Morgan fingerprint density at radius 3 is 2.65 bits per heavy atom. The van der Waals surface area contributed by atoms with Crippen LogP contribution < -0.4 is 15.8 Å². The van der Waals surface area contributed by atoms with Gasteiger partial charge in [-0.15, -0.1) is 0 Å². The van der Waals surface area contributed by atoms with Crippen molar-refractivity contribution in [3.8, 4) is 5.75 Å². The van der Waals surface area contributed by atoms with E-state index in [1.54, 1.807) is 25.1 Å². The molecule has 0 bridgehead atoms. The van der Waals surface area contributed by atoms with Crippen molar-refractivity contribution in [3.63, 3.8) is 0 Å². The first-order valence-electron chi connectivity index (χ1n) is 6.55. The van der Waals surface area contributed by atoms with Crippen LogP contribution in [-0.2, 0) is 15.6 Å². The summed E-state index contributed by atoms with van der Waals surface area (Å²) in [5, 5.41) is 2.18. The number of amides is 1. The van der Waals surface area contributed by atoms with Gasteiger partial charge in [0, 0.05) is 17.8 Å². The molecule has 0 radical (unpaired) electrons. The first-order chi connectivity index (χ1) is 9.40. The number of benzene rings is 1. The fourth-order valence-electron chi connectivity index (χ4n) is 1.60. The highest BCUT2D eigenvalue weighted by molar-refractivity contribution is 7.86. The molecular formula is C14H22N2O3S. The molecule has 1 aromatic carbocycles. The number of nitrogen functional groups attached to an aromatic ring is 1. The number of nitrogens with one attached hydrogen (secondary N) is 1. The number of hydrogen-bond donors (Lipinski definition) is 2. The van der Waals surface area contributed by atoms with E-state index in [0.29, 0.717) is 16.3 Å². The van der Waals surface area contributed by atoms with Gasteiger partial charge in [-0.2, -0.15) is 0 Å². The molecule has 3 unspecified atom stereocenters. The molecule has 1 rings (SSSR count). The molecule has 0 saturated carbocycles. The van der Waals surface area contributed by atoms with Gasteiger partial charge in [-0.1, -0.05) is 6.92 Å². The van der Waals surface area contributed by atoms with Crippen LogP contribution in [0.15, 0.2) is 23.1 Å². The third-order valence-electron chi connectivity index (χ3n) is 3.10. The zero-order chi connectivity index (χ0) is 15.3. The number of hydrogen-bond acceptors (Lipinski definition) is 4. The summed E-state index contributed by atoms with van der Waals surface area (Å²) in [5.41, 5.74) is 6.19. The number of carbonyl (C=O) groups is 1. The second-order valence-corrected chi connectivity index (χ2v) is 6.41. The van der Waals surface area contributed by atoms with Gasteiger partial charge in [-0.25, -0.2) is 0 Å². The SMILES string of the molecule is CCC(C)NC(=O)C(C)S(=O)c1ccc(N)cc1OC. The lowest BCUT2D eigenvalue weighted by Gasteiger charge is -2.17. The zero-order valence-corrected chi connectivity index (χ0v) is 13.1. The van der Waals surface area contributed by atoms with Crippen LogP contribution in [0.5, 0.6) is 5.75 Å². The topological polar surface area (TPSA) is 81.4 Å². The van der Waals surface area contributed by atoms with Crippen LogP contribution in [0, 0.1) is 0 Å². The predicted octanol–water partition coefficient (Wildman–Crippen LogP) is 1.69. The van der Waals surface area contributed by atoms with E-state index < -0.39 is 16.0 Å². The molecule has 0 aliphatic carbocycles. The van der Waals surface area contributed by atoms with Gasteiger partial charge >= 0.3 is 0 Å². The van der Waals surface area contributed by atoms with E-state index in [9.17, 15) is 9.00 Å². The molecule has 0 aliphatic rings. The second-order valence-electron chi connectivity index (χ2n) is 4.67. The largest absolute Gasteiger partial charge is 0.495 e. The number of carbonyl (C=O) groups excluding carboxylic acids is 1. The lowest BCUT2D eigenvalue weighted by Crippen LogP contribution is -2.40. The molecule has 0 fully saturated rings. The Kier molecular flexibility index (Phi) is 6.01. The normalized spacial score (nSPS) is 15.2. The minimum Gasteiger partial charge on any atom is -0.495 e. The van der Waals surface area contributed by atoms with Crippen molar-refractivity contribution >= 4 is 22.4 Å². The standard InChI is InChI=1S/C14H22N2O3S/c1-5-9(2)16-14(17)10(3)20(18)13-7-6-11(15)8-12(13)19-4/h6-10H,5,15H2,1-4H3,(H,16,17). The maximum Gasteiger partial charge on any atom is 0.236 e. The predicted molar refractivity (Wildman–Crippen MR) is 81.2 cm³/mol. The Morgan fingerprint density at radius 2 is 2.10 bits per heavy atom. The van der Waals surface area contributed by atoms with Gasteiger partial charge in [-0.3, -0.25) is 9.00 Å². The first-order valence-corrected chi connectivity index (χ1v) is 7.76. The summed E-state index contributed by atoms with van der Waals surface area (Å²) >= 11 is 0. The Labute approximate surface area is 122 Å². The average molecular weight is 298 g/mol. The number of nitrogens with two attached hydrogens (primary N) is 1. The van der Waals surface area contributed by atoms with Crippen LogP contribution in [0.25, 0.3) is 0 Å². The van der Waals surface area contributed by atoms with Crippen molar-refractivity contribution in [2.24, 2.45) is 0 Å². The Balaban J connectivity index is 2.91.